The highest BCUT2D eigenvalue weighted by Crippen LogP contribution is 2.27. The predicted molar refractivity (Wildman–Crippen MR) is 105 cm³/mol. The summed E-state index contributed by atoms with van der Waals surface area (Å²) in [6, 6.07) is 27.2. The van der Waals surface area contributed by atoms with Crippen molar-refractivity contribution >= 4 is 10.8 Å². The van der Waals surface area contributed by atoms with E-state index in [1.165, 1.54) is 16.3 Å². The summed E-state index contributed by atoms with van der Waals surface area (Å²) in [5.74, 6) is 0.781. The van der Waals surface area contributed by atoms with E-state index < -0.39 is 0 Å². The second kappa shape index (κ2) is 6.12. The normalized spacial score (nSPS) is 11.2. The molecule has 0 amide bonds. The van der Waals surface area contributed by atoms with Gasteiger partial charge in [-0.1, -0.05) is 66.7 Å². The first kappa shape index (κ1) is 14.8. The van der Waals surface area contributed by atoms with Crippen LogP contribution in [0.4, 0.5) is 0 Å². The van der Waals surface area contributed by atoms with Crippen LogP contribution in [0.15, 0.2) is 91.3 Å². The highest BCUT2D eigenvalue weighted by molar-refractivity contribution is 5.86. The van der Waals surface area contributed by atoms with E-state index in [0.717, 1.165) is 29.3 Å². The third-order valence-corrected chi connectivity index (χ3v) is 4.64. The van der Waals surface area contributed by atoms with Gasteiger partial charge in [0.05, 0.1) is 5.69 Å². The molecule has 0 saturated carbocycles. The summed E-state index contributed by atoms with van der Waals surface area (Å²) in [5, 5.41) is 2.44. The van der Waals surface area contributed by atoms with E-state index in [-0.39, 0.29) is 0 Å². The number of hydrogen-bond acceptors (Lipinski definition) is 2. The Bertz CT molecular complexity index is 1160. The Kier molecular flexibility index (Phi) is 3.49. The minimum absolute atomic E-state index is 0.781. The van der Waals surface area contributed by atoms with Gasteiger partial charge in [-0.05, 0) is 28.5 Å². The summed E-state index contributed by atoms with van der Waals surface area (Å²) in [4.78, 5) is 9.47. The molecule has 3 aromatic rings. The second-order valence-corrected chi connectivity index (χ2v) is 6.48. The van der Waals surface area contributed by atoms with Gasteiger partial charge < -0.3 is 4.57 Å². The summed E-state index contributed by atoms with van der Waals surface area (Å²) >= 11 is 0. The first-order valence-corrected chi connectivity index (χ1v) is 8.72. The van der Waals surface area contributed by atoms with Gasteiger partial charge in [0.15, 0.2) is 5.82 Å². The van der Waals surface area contributed by atoms with Crippen LogP contribution in [0.1, 0.15) is 5.56 Å². The Hall–Kier alpha value is -3.46. The minimum atomic E-state index is 0.781. The van der Waals surface area contributed by atoms with Gasteiger partial charge in [0, 0.05) is 24.5 Å². The van der Waals surface area contributed by atoms with Gasteiger partial charge in [0.25, 0.3) is 0 Å². The van der Waals surface area contributed by atoms with Crippen LogP contribution in [0.2, 0.25) is 0 Å². The lowest BCUT2D eigenvalue weighted by atomic mass is 10.1. The molecule has 2 aliphatic rings. The number of benzene rings is 3. The van der Waals surface area contributed by atoms with Crippen molar-refractivity contribution in [2.24, 2.45) is 0 Å². The van der Waals surface area contributed by atoms with E-state index in [2.05, 4.69) is 83.7 Å². The lowest BCUT2D eigenvalue weighted by molar-refractivity contribution is 0.789. The first-order chi connectivity index (χ1) is 12.8. The second-order valence-electron chi connectivity index (χ2n) is 6.48. The van der Waals surface area contributed by atoms with Crippen LogP contribution in [0.25, 0.3) is 33.5 Å². The van der Waals surface area contributed by atoms with Gasteiger partial charge in [-0.3, -0.25) is 0 Å². The first-order valence-electron chi connectivity index (χ1n) is 8.72. The summed E-state index contributed by atoms with van der Waals surface area (Å²) in [7, 11) is 0. The zero-order valence-electron chi connectivity index (χ0n) is 14.2. The maximum absolute atomic E-state index is 4.76. The molecule has 0 spiro atoms. The molecule has 26 heavy (non-hydrogen) atoms. The number of rotatable bonds is 3. The summed E-state index contributed by atoms with van der Waals surface area (Å²) in [5.41, 5.74) is 4.17. The zero-order chi connectivity index (χ0) is 17.3. The van der Waals surface area contributed by atoms with E-state index in [1.807, 2.05) is 12.1 Å². The fourth-order valence-corrected chi connectivity index (χ4v) is 3.30. The van der Waals surface area contributed by atoms with Crippen molar-refractivity contribution < 1.29 is 0 Å². The Balaban J connectivity index is 1.52. The highest BCUT2D eigenvalue weighted by Gasteiger charge is 2.13. The minimum Gasteiger partial charge on any atom is -0.348 e. The molecule has 3 heteroatoms. The quantitative estimate of drug-likeness (QED) is 0.451. The molecule has 0 unspecified atom stereocenters. The molecule has 2 aliphatic heterocycles. The molecule has 2 heterocycles. The number of pyridine rings is 1. The monoisotopic (exact) mass is 335 g/mol. The van der Waals surface area contributed by atoms with Crippen molar-refractivity contribution in [3.8, 4) is 22.8 Å². The van der Waals surface area contributed by atoms with Crippen LogP contribution in [0.3, 0.4) is 0 Å². The van der Waals surface area contributed by atoms with Crippen LogP contribution in [0, 0.1) is 0 Å². The van der Waals surface area contributed by atoms with Crippen molar-refractivity contribution in [1.29, 1.82) is 0 Å². The van der Waals surface area contributed by atoms with Crippen molar-refractivity contribution in [1.82, 2.24) is 14.5 Å². The molecular weight excluding hydrogens is 318 g/mol. The van der Waals surface area contributed by atoms with Crippen molar-refractivity contribution in [3.05, 3.63) is 96.8 Å². The van der Waals surface area contributed by atoms with Crippen molar-refractivity contribution in [2.45, 2.75) is 6.54 Å². The fourth-order valence-electron chi connectivity index (χ4n) is 3.30. The van der Waals surface area contributed by atoms with E-state index in [9.17, 15) is 0 Å². The van der Waals surface area contributed by atoms with E-state index in [4.69, 9.17) is 9.97 Å². The van der Waals surface area contributed by atoms with Crippen LogP contribution in [-0.4, -0.2) is 14.5 Å². The van der Waals surface area contributed by atoms with E-state index >= 15 is 0 Å². The molecule has 0 N–H and O–H groups in total. The number of hydrogen-bond donors (Lipinski definition) is 0. The van der Waals surface area contributed by atoms with E-state index in [0.29, 0.717) is 0 Å². The van der Waals surface area contributed by atoms with Gasteiger partial charge in [-0.15, -0.1) is 0 Å². The number of imidazole rings is 1. The summed E-state index contributed by atoms with van der Waals surface area (Å²) in [6.45, 7) is 0.828. The largest absolute Gasteiger partial charge is 0.348 e. The van der Waals surface area contributed by atoms with Crippen LogP contribution < -0.4 is 0 Å². The highest BCUT2D eigenvalue weighted by atomic mass is 15.0. The number of aromatic nitrogens is 3. The molecule has 0 fully saturated rings. The van der Waals surface area contributed by atoms with E-state index in [1.54, 1.807) is 0 Å². The molecule has 0 saturated heterocycles. The lowest BCUT2D eigenvalue weighted by Gasteiger charge is -2.07. The SMILES string of the molecule is c1ccc(Cn2ccc3nc(-c4ccc5ccccc5c4)nc-3c2)cc1. The number of fused-ring (bicyclic) bond motifs is 2. The molecule has 3 nitrogen and oxygen atoms in total. The molecule has 5 rings (SSSR count). The lowest BCUT2D eigenvalue weighted by Crippen LogP contribution is -2.00. The molecule has 0 bridgehead atoms. The Labute approximate surface area is 151 Å². The van der Waals surface area contributed by atoms with Crippen LogP contribution in [0.5, 0.6) is 0 Å². The maximum Gasteiger partial charge on any atom is 0.160 e. The Morgan fingerprint density at radius 3 is 2.35 bits per heavy atom. The van der Waals surface area contributed by atoms with Gasteiger partial charge in [0.1, 0.15) is 5.69 Å². The standard InChI is InChI=1S/C23H17N3/c1-2-6-17(7-3-1)15-26-13-12-21-22(16-26)25-23(24-21)20-11-10-18-8-4-5-9-19(18)14-20/h1-14,16H,15H2. The van der Waals surface area contributed by atoms with Crippen molar-refractivity contribution in [2.75, 3.05) is 0 Å². The van der Waals surface area contributed by atoms with Gasteiger partial charge in [0.2, 0.25) is 0 Å². The topological polar surface area (TPSA) is 30.7 Å². The molecular formula is C23H17N3. The van der Waals surface area contributed by atoms with Gasteiger partial charge in [-0.25, -0.2) is 9.97 Å². The molecule has 0 atom stereocenters. The number of nitrogens with zero attached hydrogens (tertiary/aromatic N) is 3. The summed E-state index contributed by atoms with van der Waals surface area (Å²) in [6.07, 6.45) is 4.13. The smallest absolute Gasteiger partial charge is 0.160 e. The van der Waals surface area contributed by atoms with Crippen LogP contribution >= 0.6 is 0 Å². The Morgan fingerprint density at radius 2 is 1.46 bits per heavy atom. The molecule has 3 aromatic carbocycles. The molecule has 0 aliphatic carbocycles. The van der Waals surface area contributed by atoms with Crippen LogP contribution in [-0.2, 0) is 6.54 Å². The third kappa shape index (κ3) is 2.74. The maximum atomic E-state index is 4.76. The van der Waals surface area contributed by atoms with Gasteiger partial charge in [-0.2, -0.15) is 0 Å². The van der Waals surface area contributed by atoms with Gasteiger partial charge >= 0.3 is 0 Å². The molecule has 0 radical (unpaired) electrons. The third-order valence-electron chi connectivity index (χ3n) is 4.64. The predicted octanol–water partition coefficient (Wildman–Crippen LogP) is 5.25. The summed E-state index contributed by atoms with van der Waals surface area (Å²) < 4.78 is 2.15. The average molecular weight is 335 g/mol. The molecule has 124 valence electrons. The molecule has 0 aromatic heterocycles. The fraction of sp³-hybridized carbons (Fsp3) is 0.0435. The zero-order valence-corrected chi connectivity index (χ0v) is 14.2. The Morgan fingerprint density at radius 1 is 0.692 bits per heavy atom. The average Bonchev–Trinajstić information content (AvgIpc) is 3.12. The van der Waals surface area contributed by atoms with Crippen molar-refractivity contribution in [3.63, 3.8) is 0 Å².